The molecule has 2 N–H and O–H groups in total. The maximum absolute atomic E-state index is 12.7. The molecule has 4 amide bonds. The van der Waals surface area contributed by atoms with Crippen molar-refractivity contribution in [2.75, 3.05) is 18.7 Å². The minimum Gasteiger partial charge on any atom is -0.454 e. The van der Waals surface area contributed by atoms with Gasteiger partial charge < -0.3 is 20.1 Å². The van der Waals surface area contributed by atoms with Crippen LogP contribution in [0.3, 0.4) is 0 Å². The maximum atomic E-state index is 12.7. The first-order chi connectivity index (χ1) is 12.9. The molecule has 2 fully saturated rings. The van der Waals surface area contributed by atoms with Crippen LogP contribution in [0.4, 0.5) is 10.5 Å². The minimum absolute atomic E-state index is 0.153. The Morgan fingerprint density at radius 1 is 1.30 bits per heavy atom. The fourth-order valence-electron chi connectivity index (χ4n) is 3.71. The molecule has 8 nitrogen and oxygen atoms in total. The van der Waals surface area contributed by atoms with Crippen LogP contribution >= 0.6 is 0 Å². The summed E-state index contributed by atoms with van der Waals surface area (Å²) in [6, 6.07) is 3.08. The third kappa shape index (κ3) is 3.09. The molecule has 2 heterocycles. The van der Waals surface area contributed by atoms with Crippen molar-refractivity contribution >= 4 is 23.5 Å². The molecule has 27 heavy (non-hydrogen) atoms. The van der Waals surface area contributed by atoms with Gasteiger partial charge in [-0.15, -0.1) is 0 Å². The first kappa shape index (κ1) is 17.6. The molecule has 1 saturated heterocycles. The molecule has 8 heteroatoms. The molecular weight excluding hydrogens is 350 g/mol. The molecule has 2 aliphatic heterocycles. The van der Waals surface area contributed by atoms with Crippen molar-refractivity contribution in [1.82, 2.24) is 10.2 Å². The molecule has 1 atom stereocenters. The number of imide groups is 1. The van der Waals surface area contributed by atoms with E-state index in [4.69, 9.17) is 9.47 Å². The quantitative estimate of drug-likeness (QED) is 0.744. The summed E-state index contributed by atoms with van der Waals surface area (Å²) in [5.74, 6) is 0.638. The van der Waals surface area contributed by atoms with E-state index in [0.29, 0.717) is 17.2 Å². The van der Waals surface area contributed by atoms with E-state index in [-0.39, 0.29) is 25.2 Å². The van der Waals surface area contributed by atoms with Gasteiger partial charge in [-0.05, 0) is 43.7 Å². The van der Waals surface area contributed by atoms with Crippen LogP contribution in [0.5, 0.6) is 11.5 Å². The van der Waals surface area contributed by atoms with Crippen LogP contribution in [-0.2, 0) is 16.0 Å². The molecule has 1 saturated carbocycles. The summed E-state index contributed by atoms with van der Waals surface area (Å²) in [7, 11) is 0. The average molecular weight is 373 g/mol. The number of carbonyl (C=O) groups excluding carboxylic acids is 3. The third-order valence-corrected chi connectivity index (χ3v) is 5.39. The Hall–Kier alpha value is -2.77. The lowest BCUT2D eigenvalue weighted by Gasteiger charge is -2.21. The van der Waals surface area contributed by atoms with Crippen LogP contribution in [0.15, 0.2) is 12.1 Å². The van der Waals surface area contributed by atoms with E-state index in [0.717, 1.165) is 36.1 Å². The van der Waals surface area contributed by atoms with Crippen molar-refractivity contribution in [3.05, 3.63) is 17.7 Å². The van der Waals surface area contributed by atoms with Crippen molar-refractivity contribution in [2.24, 2.45) is 5.92 Å². The highest BCUT2D eigenvalue weighted by molar-refractivity contribution is 6.10. The van der Waals surface area contributed by atoms with Crippen LogP contribution in [-0.4, -0.2) is 41.6 Å². The standard InChI is InChI=1S/C19H23N3O5/c1-3-4-11-7-14-15(27-10-26-14)8-13(11)20-16(23)9-22-17(24)19(2,12-5-6-12)21-18(22)25/h7-8,12H,3-6,9-10H2,1-2H3,(H,20,23)(H,21,25). The maximum Gasteiger partial charge on any atom is 0.325 e. The first-order valence-corrected chi connectivity index (χ1v) is 9.29. The number of aryl methyl sites for hydroxylation is 1. The predicted molar refractivity (Wildman–Crippen MR) is 96.6 cm³/mol. The summed E-state index contributed by atoms with van der Waals surface area (Å²) >= 11 is 0. The molecule has 0 bridgehead atoms. The van der Waals surface area contributed by atoms with Gasteiger partial charge in [-0.2, -0.15) is 0 Å². The average Bonchev–Trinajstić information content (AvgIpc) is 3.35. The zero-order valence-corrected chi connectivity index (χ0v) is 15.5. The van der Waals surface area contributed by atoms with Crippen molar-refractivity contribution in [3.63, 3.8) is 0 Å². The molecule has 1 aromatic rings. The molecule has 0 radical (unpaired) electrons. The number of benzene rings is 1. The number of hydrogen-bond acceptors (Lipinski definition) is 5. The Morgan fingerprint density at radius 3 is 2.67 bits per heavy atom. The van der Waals surface area contributed by atoms with Gasteiger partial charge in [0.1, 0.15) is 12.1 Å². The summed E-state index contributed by atoms with van der Waals surface area (Å²) in [5, 5.41) is 5.56. The largest absolute Gasteiger partial charge is 0.454 e. The number of hydrogen-bond donors (Lipinski definition) is 2. The summed E-state index contributed by atoms with van der Waals surface area (Å²) in [5.41, 5.74) is 0.655. The van der Waals surface area contributed by atoms with Crippen LogP contribution in [0, 0.1) is 5.92 Å². The monoisotopic (exact) mass is 373 g/mol. The molecule has 1 aliphatic carbocycles. The van der Waals surface area contributed by atoms with Crippen molar-refractivity contribution in [1.29, 1.82) is 0 Å². The van der Waals surface area contributed by atoms with E-state index in [1.807, 2.05) is 13.0 Å². The molecular formula is C19H23N3O5. The smallest absolute Gasteiger partial charge is 0.325 e. The lowest BCUT2D eigenvalue weighted by atomic mass is 9.96. The Bertz CT molecular complexity index is 820. The molecule has 144 valence electrons. The fraction of sp³-hybridized carbons (Fsp3) is 0.526. The summed E-state index contributed by atoms with van der Waals surface area (Å²) in [6.45, 7) is 3.62. The zero-order valence-electron chi connectivity index (χ0n) is 15.5. The van der Waals surface area contributed by atoms with E-state index >= 15 is 0 Å². The molecule has 4 rings (SSSR count). The number of carbonyl (C=O) groups is 3. The molecule has 0 spiro atoms. The van der Waals surface area contributed by atoms with Gasteiger partial charge in [0.05, 0.1) is 0 Å². The lowest BCUT2D eigenvalue weighted by molar-refractivity contribution is -0.134. The Morgan fingerprint density at radius 2 is 2.00 bits per heavy atom. The van der Waals surface area contributed by atoms with Gasteiger partial charge >= 0.3 is 6.03 Å². The number of rotatable bonds is 6. The van der Waals surface area contributed by atoms with Gasteiger partial charge in [0.25, 0.3) is 5.91 Å². The number of nitrogens with one attached hydrogen (secondary N) is 2. The van der Waals surface area contributed by atoms with Gasteiger partial charge in [-0.3, -0.25) is 14.5 Å². The van der Waals surface area contributed by atoms with Crippen molar-refractivity contribution < 1.29 is 23.9 Å². The number of fused-ring (bicyclic) bond motifs is 1. The van der Waals surface area contributed by atoms with Crippen LogP contribution in [0.1, 0.15) is 38.7 Å². The fourth-order valence-corrected chi connectivity index (χ4v) is 3.71. The highest BCUT2D eigenvalue weighted by Gasteiger charge is 2.56. The summed E-state index contributed by atoms with van der Waals surface area (Å²) in [6.07, 6.45) is 3.49. The lowest BCUT2D eigenvalue weighted by Crippen LogP contribution is -2.46. The zero-order chi connectivity index (χ0) is 19.2. The van der Waals surface area contributed by atoms with E-state index < -0.39 is 17.5 Å². The van der Waals surface area contributed by atoms with E-state index in [1.165, 1.54) is 0 Å². The number of ether oxygens (including phenoxy) is 2. The highest BCUT2D eigenvalue weighted by atomic mass is 16.7. The minimum atomic E-state index is -0.885. The van der Waals surface area contributed by atoms with E-state index in [9.17, 15) is 14.4 Å². The third-order valence-electron chi connectivity index (χ3n) is 5.39. The number of anilines is 1. The topological polar surface area (TPSA) is 97.0 Å². The van der Waals surface area contributed by atoms with E-state index in [1.54, 1.807) is 13.0 Å². The van der Waals surface area contributed by atoms with Crippen molar-refractivity contribution in [3.8, 4) is 11.5 Å². The van der Waals surface area contributed by atoms with Gasteiger partial charge in [-0.25, -0.2) is 4.79 Å². The summed E-state index contributed by atoms with van der Waals surface area (Å²) < 4.78 is 10.8. The number of nitrogens with zero attached hydrogens (tertiary/aromatic N) is 1. The van der Waals surface area contributed by atoms with Gasteiger partial charge in [-0.1, -0.05) is 13.3 Å². The van der Waals surface area contributed by atoms with Crippen LogP contribution in [0.2, 0.25) is 0 Å². The Labute approximate surface area is 157 Å². The van der Waals surface area contributed by atoms with E-state index in [2.05, 4.69) is 10.6 Å². The Kier molecular flexibility index (Phi) is 4.20. The van der Waals surface area contributed by atoms with Gasteiger partial charge in [0.2, 0.25) is 12.7 Å². The van der Waals surface area contributed by atoms with Gasteiger partial charge in [0, 0.05) is 11.8 Å². The number of urea groups is 1. The normalized spacial score (nSPS) is 23.6. The Balaban J connectivity index is 1.48. The van der Waals surface area contributed by atoms with Crippen molar-refractivity contribution in [2.45, 2.75) is 45.1 Å². The summed E-state index contributed by atoms with van der Waals surface area (Å²) in [4.78, 5) is 38.4. The first-order valence-electron chi connectivity index (χ1n) is 9.29. The molecule has 0 aromatic heterocycles. The molecule has 1 aromatic carbocycles. The SMILES string of the molecule is CCCc1cc2c(cc1NC(=O)CN1C(=O)NC(C)(C3CC3)C1=O)OCO2. The van der Waals surface area contributed by atoms with Crippen LogP contribution < -0.4 is 20.1 Å². The second-order valence-corrected chi connectivity index (χ2v) is 7.46. The molecule has 3 aliphatic rings. The number of amides is 4. The van der Waals surface area contributed by atoms with Gasteiger partial charge in [0.15, 0.2) is 11.5 Å². The molecule has 1 unspecified atom stereocenters. The highest BCUT2D eigenvalue weighted by Crippen LogP contribution is 2.42. The second kappa shape index (κ2) is 6.44. The second-order valence-electron chi connectivity index (χ2n) is 7.46. The predicted octanol–water partition coefficient (Wildman–Crippen LogP) is 2.03. The van der Waals surface area contributed by atoms with Crippen LogP contribution in [0.25, 0.3) is 0 Å².